The summed E-state index contributed by atoms with van der Waals surface area (Å²) >= 11 is 0. The van der Waals surface area contributed by atoms with Gasteiger partial charge in [0, 0.05) is 12.2 Å². The lowest BCUT2D eigenvalue weighted by Crippen LogP contribution is -2.65. The lowest BCUT2D eigenvalue weighted by Gasteiger charge is -2.52. The van der Waals surface area contributed by atoms with Crippen LogP contribution in [-0.4, -0.2) is 57.1 Å². The number of primary amides is 1. The molecule has 0 aliphatic carbocycles. The fraction of sp³-hybridized carbons (Fsp3) is 0.500. The monoisotopic (exact) mass is 539 g/mol. The van der Waals surface area contributed by atoms with Gasteiger partial charge in [-0.05, 0) is 43.7 Å². The number of amides is 1. The number of hydrogen-bond donors (Lipinski definition) is 3. The van der Waals surface area contributed by atoms with Crippen LogP contribution in [-0.2, 0) is 24.2 Å². The van der Waals surface area contributed by atoms with Gasteiger partial charge in [-0.25, -0.2) is 13.2 Å². The summed E-state index contributed by atoms with van der Waals surface area (Å²) in [5.74, 6) is -7.41. The van der Waals surface area contributed by atoms with Gasteiger partial charge < -0.3 is 21.1 Å². The summed E-state index contributed by atoms with van der Waals surface area (Å²) < 4.78 is 93.6. The number of carbonyl (C=O) groups is 2. The number of nitrogens with one attached hydrogen (secondary N) is 2. The Balaban J connectivity index is 2.06. The van der Waals surface area contributed by atoms with E-state index in [1.54, 1.807) is 6.92 Å². The van der Waals surface area contributed by atoms with E-state index in [-0.39, 0.29) is 31.6 Å². The van der Waals surface area contributed by atoms with E-state index in [2.05, 4.69) is 20.9 Å². The lowest BCUT2D eigenvalue weighted by molar-refractivity contribution is -0.223. The molecule has 3 rings (SSSR count). The number of benzene rings is 1. The summed E-state index contributed by atoms with van der Waals surface area (Å²) in [6.07, 6.45) is -4.50. The van der Waals surface area contributed by atoms with E-state index in [1.807, 2.05) is 0 Å². The molecule has 198 valence electrons. The van der Waals surface area contributed by atoms with Crippen LogP contribution in [0.2, 0.25) is 0 Å². The molecule has 0 spiro atoms. The molecule has 1 saturated heterocycles. The van der Waals surface area contributed by atoms with Gasteiger partial charge >= 0.3 is 17.9 Å². The maximum absolute atomic E-state index is 13.2. The summed E-state index contributed by atoms with van der Waals surface area (Å²) in [6, 6.07) is 3.39. The predicted octanol–water partition coefficient (Wildman–Crippen LogP) is 2.49. The third kappa shape index (κ3) is 4.66. The molecule has 3 atom stereocenters. The number of rotatable bonds is 8. The van der Waals surface area contributed by atoms with Crippen molar-refractivity contribution in [2.24, 2.45) is 21.4 Å². The topological polar surface area (TPSA) is 152 Å². The molecule has 1 aromatic carbocycles. The molecule has 2 aliphatic heterocycles. The number of alkyl halides is 5. The molecule has 2 heterocycles. The van der Waals surface area contributed by atoms with Gasteiger partial charge in [-0.15, -0.1) is 5.11 Å². The molecule has 2 aliphatic rings. The first-order valence-corrected chi connectivity index (χ1v) is 12.1. The Morgan fingerprint density at radius 3 is 2.44 bits per heavy atom. The number of carbonyl (C=O) groups excluding carboxylic acids is 2. The van der Waals surface area contributed by atoms with E-state index in [9.17, 15) is 40.0 Å². The molecule has 16 heteroatoms. The van der Waals surface area contributed by atoms with Crippen LogP contribution in [0.1, 0.15) is 19.8 Å². The van der Waals surface area contributed by atoms with E-state index in [1.165, 1.54) is 12.1 Å². The SMILES string of the molecule is CCC1(C2(OC(=O)C(F)(F)F)N=NC=C2C(N)=O)CCNC[C@H]1Nc1ccc(S(=O)(=O)C(F)F)cc1. The normalized spacial score (nSPS) is 26.5. The Bertz CT molecular complexity index is 1190. The van der Waals surface area contributed by atoms with E-state index < -0.39 is 61.3 Å². The lowest BCUT2D eigenvalue weighted by atomic mass is 9.63. The zero-order valence-electron chi connectivity index (χ0n) is 18.7. The highest BCUT2D eigenvalue weighted by atomic mass is 32.2. The fourth-order valence-corrected chi connectivity index (χ4v) is 5.23. The van der Waals surface area contributed by atoms with Gasteiger partial charge in [0.2, 0.25) is 9.84 Å². The molecule has 1 aromatic rings. The predicted molar refractivity (Wildman–Crippen MR) is 114 cm³/mol. The number of nitrogens with zero attached hydrogens (tertiary/aromatic N) is 2. The van der Waals surface area contributed by atoms with Crippen molar-refractivity contribution in [1.29, 1.82) is 0 Å². The van der Waals surface area contributed by atoms with Crippen LogP contribution in [0.3, 0.4) is 0 Å². The van der Waals surface area contributed by atoms with Gasteiger partial charge in [0.15, 0.2) is 0 Å². The molecular formula is C20H22F5N5O5S. The van der Waals surface area contributed by atoms with Gasteiger partial charge in [-0.3, -0.25) is 4.79 Å². The maximum Gasteiger partial charge on any atom is 0.491 e. The van der Waals surface area contributed by atoms with Crippen LogP contribution >= 0.6 is 0 Å². The maximum atomic E-state index is 13.2. The largest absolute Gasteiger partial charge is 0.491 e. The van der Waals surface area contributed by atoms with Crippen molar-refractivity contribution >= 4 is 27.4 Å². The average molecular weight is 539 g/mol. The molecule has 2 unspecified atom stereocenters. The van der Waals surface area contributed by atoms with E-state index in [0.29, 0.717) is 0 Å². The zero-order chi connectivity index (χ0) is 26.9. The Kier molecular flexibility index (Phi) is 7.41. The number of nitrogens with two attached hydrogens (primary N) is 1. The van der Waals surface area contributed by atoms with Gasteiger partial charge in [-0.1, -0.05) is 6.92 Å². The Morgan fingerprint density at radius 1 is 1.28 bits per heavy atom. The number of halogens is 5. The highest BCUT2D eigenvalue weighted by molar-refractivity contribution is 7.91. The second-order valence-corrected chi connectivity index (χ2v) is 10.1. The highest BCUT2D eigenvalue weighted by Crippen LogP contribution is 2.53. The third-order valence-electron chi connectivity index (χ3n) is 6.32. The van der Waals surface area contributed by atoms with Crippen molar-refractivity contribution in [1.82, 2.24) is 5.32 Å². The van der Waals surface area contributed by atoms with Crippen LogP contribution in [0.15, 0.2) is 51.2 Å². The van der Waals surface area contributed by atoms with Crippen LogP contribution in [0.25, 0.3) is 0 Å². The Hall–Kier alpha value is -3.14. The first-order valence-electron chi connectivity index (χ1n) is 10.5. The highest BCUT2D eigenvalue weighted by Gasteiger charge is 2.65. The van der Waals surface area contributed by atoms with E-state index in [4.69, 9.17) is 10.5 Å². The molecule has 10 nitrogen and oxygen atoms in total. The van der Waals surface area contributed by atoms with Crippen LogP contribution in [0.4, 0.5) is 27.6 Å². The molecule has 1 fully saturated rings. The second kappa shape index (κ2) is 9.72. The Labute approximate surface area is 202 Å². The zero-order valence-corrected chi connectivity index (χ0v) is 19.5. The molecule has 0 radical (unpaired) electrons. The van der Waals surface area contributed by atoms with Crippen molar-refractivity contribution in [3.8, 4) is 0 Å². The van der Waals surface area contributed by atoms with Crippen LogP contribution in [0, 0.1) is 5.41 Å². The van der Waals surface area contributed by atoms with Gasteiger partial charge in [-0.2, -0.15) is 27.1 Å². The minimum absolute atomic E-state index is 0.0268. The van der Waals surface area contributed by atoms with Gasteiger partial charge in [0.1, 0.15) is 5.57 Å². The quantitative estimate of drug-likeness (QED) is 0.339. The molecule has 0 bridgehead atoms. The summed E-state index contributed by atoms with van der Waals surface area (Å²) in [7, 11) is -4.85. The van der Waals surface area contributed by atoms with Crippen molar-refractivity contribution in [2.45, 2.75) is 48.4 Å². The fourth-order valence-electron chi connectivity index (χ4n) is 4.51. The standard InChI is InChI=1S/C20H22F5N5O5S/c1-2-18(19(35-16(32)20(23,24)25)13(15(26)31)9-28-30-19)7-8-27-10-14(18)29-11-3-5-12(6-4-11)36(33,34)17(21)22/h3-6,9,14,17,27,29H,2,7-8,10H2,1H3,(H2,26,31)/t14-,18?,19?/m1/s1. The number of ether oxygens (including phenoxy) is 1. The molecule has 0 aromatic heterocycles. The molecule has 36 heavy (non-hydrogen) atoms. The van der Waals surface area contributed by atoms with Gasteiger partial charge in [0.25, 0.3) is 11.6 Å². The second-order valence-electron chi connectivity index (χ2n) is 8.14. The van der Waals surface area contributed by atoms with Gasteiger partial charge in [0.05, 0.1) is 22.6 Å². The minimum Gasteiger partial charge on any atom is -0.423 e. The first-order chi connectivity index (χ1) is 16.7. The summed E-state index contributed by atoms with van der Waals surface area (Å²) in [4.78, 5) is 23.5. The van der Waals surface area contributed by atoms with Crippen LogP contribution in [0.5, 0.6) is 0 Å². The minimum atomic E-state index is -5.41. The van der Waals surface area contributed by atoms with Crippen LogP contribution < -0.4 is 16.4 Å². The number of anilines is 1. The number of sulfone groups is 1. The number of hydrogen-bond acceptors (Lipinski definition) is 9. The summed E-state index contributed by atoms with van der Waals surface area (Å²) in [6.45, 7) is 1.91. The van der Waals surface area contributed by atoms with Crippen molar-refractivity contribution in [2.75, 3.05) is 18.4 Å². The van der Waals surface area contributed by atoms with E-state index >= 15 is 0 Å². The van der Waals surface area contributed by atoms with Crippen molar-refractivity contribution < 1.29 is 44.7 Å². The third-order valence-corrected chi connectivity index (χ3v) is 7.71. The number of piperidine rings is 1. The van der Waals surface area contributed by atoms with Crippen molar-refractivity contribution in [3.05, 3.63) is 36.0 Å². The number of azo groups is 1. The summed E-state index contributed by atoms with van der Waals surface area (Å²) in [5, 5.41) is 13.4. The average Bonchev–Trinajstić information content (AvgIpc) is 3.24. The first kappa shape index (κ1) is 27.4. The molecule has 4 N–H and O–H groups in total. The Morgan fingerprint density at radius 2 is 1.92 bits per heavy atom. The summed E-state index contributed by atoms with van der Waals surface area (Å²) in [5.41, 5.74) is 1.06. The molecule has 0 saturated carbocycles. The smallest absolute Gasteiger partial charge is 0.423 e. The number of esters is 1. The molecular weight excluding hydrogens is 517 g/mol. The van der Waals surface area contributed by atoms with Crippen molar-refractivity contribution in [3.63, 3.8) is 0 Å². The molecule has 1 amide bonds. The van der Waals surface area contributed by atoms with E-state index in [0.717, 1.165) is 18.3 Å².